The third-order valence-corrected chi connectivity index (χ3v) is 7.01. The molecule has 160 valence electrons. The van der Waals surface area contributed by atoms with E-state index in [0.717, 1.165) is 43.5 Å². The zero-order valence-electron chi connectivity index (χ0n) is 17.4. The van der Waals surface area contributed by atoms with E-state index in [-0.39, 0.29) is 17.8 Å². The topological polar surface area (TPSA) is 111 Å². The normalized spacial score (nSPS) is 19.3. The molecule has 1 unspecified atom stereocenters. The molecule has 2 aromatic heterocycles. The number of thioether (sulfide) groups is 1. The Morgan fingerprint density at radius 2 is 2.10 bits per heavy atom. The van der Waals surface area contributed by atoms with Crippen molar-refractivity contribution >= 4 is 23.5 Å². The van der Waals surface area contributed by atoms with Gasteiger partial charge in [0.05, 0.1) is 30.0 Å². The highest BCUT2D eigenvalue weighted by molar-refractivity contribution is 7.99. The highest BCUT2D eigenvalue weighted by atomic mass is 32.2. The molecule has 2 aliphatic rings. The molecule has 1 atom stereocenters. The number of carbonyl (C=O) groups excluding carboxylic acids is 1. The zero-order chi connectivity index (χ0) is 21.1. The van der Waals surface area contributed by atoms with Crippen molar-refractivity contribution in [2.45, 2.75) is 76.2 Å². The number of hydrogen-bond donors (Lipinski definition) is 1. The largest absolute Gasteiger partial charge is 0.376 e. The minimum absolute atomic E-state index is 0.114. The SMILES string of the molecule is Cc1c(C#N)c(NC(=O)CSc2nnnn2C2CCCC2)n(CC2CCCO2)c1C. The number of nitrogens with zero attached hydrogens (tertiary/aromatic N) is 6. The van der Waals surface area contributed by atoms with Gasteiger partial charge in [-0.05, 0) is 55.5 Å². The number of nitrogens with one attached hydrogen (secondary N) is 1. The van der Waals surface area contributed by atoms with Crippen molar-refractivity contribution in [2.75, 3.05) is 17.7 Å². The van der Waals surface area contributed by atoms with Crippen LogP contribution < -0.4 is 5.32 Å². The summed E-state index contributed by atoms with van der Waals surface area (Å²) < 4.78 is 9.62. The van der Waals surface area contributed by atoms with Gasteiger partial charge in [0, 0.05) is 12.3 Å². The van der Waals surface area contributed by atoms with Crippen molar-refractivity contribution in [1.29, 1.82) is 5.26 Å². The van der Waals surface area contributed by atoms with Gasteiger partial charge in [0.1, 0.15) is 11.9 Å². The molecule has 0 radical (unpaired) electrons. The molecule has 1 saturated heterocycles. The van der Waals surface area contributed by atoms with Crippen molar-refractivity contribution in [1.82, 2.24) is 24.8 Å². The quantitative estimate of drug-likeness (QED) is 0.674. The summed E-state index contributed by atoms with van der Waals surface area (Å²) in [6.07, 6.45) is 6.67. The number of amides is 1. The second kappa shape index (κ2) is 9.18. The first-order valence-corrected chi connectivity index (χ1v) is 11.5. The number of nitriles is 1. The first kappa shape index (κ1) is 20.9. The molecule has 1 N–H and O–H groups in total. The highest BCUT2D eigenvalue weighted by Crippen LogP contribution is 2.32. The van der Waals surface area contributed by atoms with Crippen LogP contribution >= 0.6 is 11.8 Å². The molecule has 0 aromatic carbocycles. The summed E-state index contributed by atoms with van der Waals surface area (Å²) in [5.74, 6) is 0.564. The van der Waals surface area contributed by atoms with Crippen LogP contribution in [0, 0.1) is 25.2 Å². The molecule has 30 heavy (non-hydrogen) atoms. The van der Waals surface area contributed by atoms with Gasteiger partial charge in [-0.15, -0.1) is 5.10 Å². The summed E-state index contributed by atoms with van der Waals surface area (Å²) >= 11 is 1.33. The number of carbonyl (C=O) groups is 1. The smallest absolute Gasteiger partial charge is 0.235 e. The highest BCUT2D eigenvalue weighted by Gasteiger charge is 2.25. The lowest BCUT2D eigenvalue weighted by atomic mass is 10.2. The number of anilines is 1. The maximum absolute atomic E-state index is 12.8. The van der Waals surface area contributed by atoms with Crippen LogP contribution in [0.5, 0.6) is 0 Å². The molecule has 0 bridgehead atoms. The fourth-order valence-electron chi connectivity index (χ4n) is 4.31. The van der Waals surface area contributed by atoms with Crippen LogP contribution in [0.1, 0.15) is 61.4 Å². The van der Waals surface area contributed by atoms with Gasteiger partial charge in [0.2, 0.25) is 11.1 Å². The summed E-state index contributed by atoms with van der Waals surface area (Å²) in [4.78, 5) is 12.8. The predicted octanol–water partition coefficient (Wildman–Crippen LogP) is 2.99. The van der Waals surface area contributed by atoms with Gasteiger partial charge < -0.3 is 14.6 Å². The molecule has 0 spiro atoms. The maximum Gasteiger partial charge on any atom is 0.235 e. The second-order valence-corrected chi connectivity index (χ2v) is 8.92. The average molecular weight is 430 g/mol. The van der Waals surface area contributed by atoms with Gasteiger partial charge in [0.15, 0.2) is 0 Å². The third kappa shape index (κ3) is 4.23. The van der Waals surface area contributed by atoms with Gasteiger partial charge in [-0.25, -0.2) is 4.68 Å². The van der Waals surface area contributed by atoms with Crippen molar-refractivity contribution < 1.29 is 9.53 Å². The Bertz CT molecular complexity index is 949. The Kier molecular flexibility index (Phi) is 6.39. The van der Waals surface area contributed by atoms with Crippen LogP contribution in [-0.2, 0) is 16.1 Å². The van der Waals surface area contributed by atoms with E-state index in [0.29, 0.717) is 29.1 Å². The Morgan fingerprint density at radius 3 is 2.80 bits per heavy atom. The predicted molar refractivity (Wildman–Crippen MR) is 112 cm³/mol. The van der Waals surface area contributed by atoms with Crippen LogP contribution in [0.15, 0.2) is 5.16 Å². The van der Waals surface area contributed by atoms with Gasteiger partial charge >= 0.3 is 0 Å². The standard InChI is InChI=1S/C20H27N7O2S/c1-13-14(2)26(11-16-8-5-9-29-16)19(17(13)10-21)22-18(28)12-30-20-23-24-25-27(20)15-6-3-4-7-15/h15-16H,3-9,11-12H2,1-2H3,(H,22,28). The number of ether oxygens (including phenoxy) is 1. The van der Waals surface area contributed by atoms with Gasteiger partial charge in [-0.3, -0.25) is 4.79 Å². The summed E-state index contributed by atoms with van der Waals surface area (Å²) in [5.41, 5.74) is 2.39. The molecule has 1 amide bonds. The fourth-order valence-corrected chi connectivity index (χ4v) is 5.05. The third-order valence-electron chi connectivity index (χ3n) is 6.07. The van der Waals surface area contributed by atoms with E-state index >= 15 is 0 Å². The second-order valence-electron chi connectivity index (χ2n) is 7.97. The van der Waals surface area contributed by atoms with E-state index in [1.54, 1.807) is 0 Å². The number of rotatable bonds is 7. The van der Waals surface area contributed by atoms with E-state index in [9.17, 15) is 10.1 Å². The van der Waals surface area contributed by atoms with Crippen molar-refractivity contribution in [3.63, 3.8) is 0 Å². The fraction of sp³-hybridized carbons (Fsp3) is 0.650. The first-order chi connectivity index (χ1) is 14.6. The Morgan fingerprint density at radius 1 is 1.30 bits per heavy atom. The molecule has 1 aliphatic heterocycles. The summed E-state index contributed by atoms with van der Waals surface area (Å²) in [6, 6.07) is 2.58. The zero-order valence-corrected chi connectivity index (χ0v) is 18.2. The van der Waals surface area contributed by atoms with Crippen LogP contribution in [0.3, 0.4) is 0 Å². The van der Waals surface area contributed by atoms with Crippen molar-refractivity contribution in [3.8, 4) is 6.07 Å². The van der Waals surface area contributed by atoms with E-state index in [4.69, 9.17) is 4.74 Å². The lowest BCUT2D eigenvalue weighted by Gasteiger charge is -2.17. The summed E-state index contributed by atoms with van der Waals surface area (Å²) in [7, 11) is 0. The van der Waals surface area contributed by atoms with Gasteiger partial charge in [0.25, 0.3) is 0 Å². The lowest BCUT2D eigenvalue weighted by Crippen LogP contribution is -2.22. The van der Waals surface area contributed by atoms with Gasteiger partial charge in [-0.1, -0.05) is 24.6 Å². The average Bonchev–Trinajstić information content (AvgIpc) is 3.53. The molecule has 1 saturated carbocycles. The first-order valence-electron chi connectivity index (χ1n) is 10.5. The Labute approximate surface area is 180 Å². The van der Waals surface area contributed by atoms with E-state index in [1.807, 2.05) is 23.1 Å². The molecule has 3 heterocycles. The summed E-state index contributed by atoms with van der Waals surface area (Å²) in [6.45, 7) is 5.30. The monoisotopic (exact) mass is 429 g/mol. The minimum atomic E-state index is -0.177. The van der Waals surface area contributed by atoms with Crippen molar-refractivity contribution in [3.05, 3.63) is 16.8 Å². The van der Waals surface area contributed by atoms with Crippen LogP contribution in [0.25, 0.3) is 0 Å². The van der Waals surface area contributed by atoms with E-state index in [2.05, 4.69) is 26.9 Å². The molecule has 2 fully saturated rings. The molecule has 9 nitrogen and oxygen atoms in total. The van der Waals surface area contributed by atoms with E-state index in [1.165, 1.54) is 24.6 Å². The summed E-state index contributed by atoms with van der Waals surface area (Å²) in [5, 5.41) is 25.3. The Hall–Kier alpha value is -2.38. The van der Waals surface area contributed by atoms with Gasteiger partial charge in [-0.2, -0.15) is 5.26 Å². The Balaban J connectivity index is 1.46. The molecule has 10 heteroatoms. The maximum atomic E-state index is 12.8. The number of aromatic nitrogens is 5. The molecule has 1 aliphatic carbocycles. The van der Waals surface area contributed by atoms with Crippen LogP contribution in [0.4, 0.5) is 5.82 Å². The molecule has 4 rings (SSSR count). The molecular weight excluding hydrogens is 402 g/mol. The lowest BCUT2D eigenvalue weighted by molar-refractivity contribution is -0.113. The van der Waals surface area contributed by atoms with Crippen molar-refractivity contribution in [2.24, 2.45) is 0 Å². The number of tetrazole rings is 1. The van der Waals surface area contributed by atoms with Crippen LogP contribution in [-0.4, -0.2) is 49.1 Å². The van der Waals surface area contributed by atoms with E-state index < -0.39 is 0 Å². The van der Waals surface area contributed by atoms with Crippen LogP contribution in [0.2, 0.25) is 0 Å². The minimum Gasteiger partial charge on any atom is -0.376 e. The molecule has 2 aromatic rings. The molecular formula is C20H27N7O2S. The number of hydrogen-bond acceptors (Lipinski definition) is 7.